The predicted molar refractivity (Wildman–Crippen MR) is 81.0 cm³/mol. The molecule has 3 nitrogen and oxygen atoms in total. The average molecular weight is 283 g/mol. The molecule has 0 spiro atoms. The number of nitrogens with two attached hydrogens (primary N) is 1. The fraction of sp³-hybridized carbons (Fsp3) is 0.600. The first kappa shape index (κ1) is 14.6. The Bertz CT molecular complexity index is 423. The molecule has 1 aliphatic heterocycles. The molecule has 1 aromatic carbocycles. The number of ether oxygens (including phenoxy) is 1. The molecule has 0 aromatic heterocycles. The number of rotatable bonds is 3. The third-order valence-corrected chi connectivity index (χ3v) is 3.75. The smallest absolute Gasteiger partial charge is 0.0721 e. The van der Waals surface area contributed by atoms with Crippen LogP contribution >= 0.6 is 11.6 Å². The number of benzene rings is 1. The molecule has 2 atom stereocenters. The van der Waals surface area contributed by atoms with Crippen LogP contribution in [-0.4, -0.2) is 31.8 Å². The summed E-state index contributed by atoms with van der Waals surface area (Å²) >= 11 is 6.36. The number of anilines is 1. The van der Waals surface area contributed by atoms with Crippen LogP contribution in [0.2, 0.25) is 5.02 Å². The summed E-state index contributed by atoms with van der Waals surface area (Å²) < 4.78 is 5.67. The van der Waals surface area contributed by atoms with Gasteiger partial charge in [-0.05, 0) is 44.4 Å². The molecule has 2 unspecified atom stereocenters. The van der Waals surface area contributed by atoms with Gasteiger partial charge in [-0.3, -0.25) is 0 Å². The van der Waals surface area contributed by atoms with Gasteiger partial charge in [0.1, 0.15) is 0 Å². The van der Waals surface area contributed by atoms with Crippen LogP contribution in [0.4, 0.5) is 5.69 Å². The van der Waals surface area contributed by atoms with E-state index < -0.39 is 0 Å². The summed E-state index contributed by atoms with van der Waals surface area (Å²) in [5.41, 5.74) is 8.13. The minimum absolute atomic E-state index is 0.134. The molecule has 2 rings (SSSR count). The highest BCUT2D eigenvalue weighted by atomic mass is 35.5. The maximum Gasteiger partial charge on any atom is 0.0721 e. The molecule has 19 heavy (non-hydrogen) atoms. The summed E-state index contributed by atoms with van der Waals surface area (Å²) in [5, 5.41) is 0.813. The Kier molecular flexibility index (Phi) is 5.08. The lowest BCUT2D eigenvalue weighted by Crippen LogP contribution is -2.30. The van der Waals surface area contributed by atoms with Gasteiger partial charge in [0.05, 0.1) is 6.10 Å². The van der Waals surface area contributed by atoms with Crippen molar-refractivity contribution in [2.45, 2.75) is 38.8 Å². The number of halogens is 1. The minimum atomic E-state index is 0.134. The average Bonchev–Trinajstić information content (AvgIpc) is 2.56. The summed E-state index contributed by atoms with van der Waals surface area (Å²) in [6.45, 7) is 6.90. The lowest BCUT2D eigenvalue weighted by molar-refractivity contribution is 0.0821. The second-order valence-electron chi connectivity index (χ2n) is 5.44. The molecular weight excluding hydrogens is 260 g/mol. The zero-order valence-electron chi connectivity index (χ0n) is 11.7. The van der Waals surface area contributed by atoms with E-state index in [0.717, 1.165) is 43.1 Å². The molecule has 0 saturated carbocycles. The molecule has 1 fully saturated rings. The van der Waals surface area contributed by atoms with E-state index >= 15 is 0 Å². The summed E-state index contributed by atoms with van der Waals surface area (Å²) in [7, 11) is 0. The minimum Gasteiger partial charge on any atom is -0.377 e. The predicted octanol–water partition coefficient (Wildman–Crippen LogP) is 2.84. The van der Waals surface area contributed by atoms with E-state index in [1.807, 2.05) is 6.92 Å². The maximum absolute atomic E-state index is 6.36. The van der Waals surface area contributed by atoms with Crippen LogP contribution in [0.3, 0.4) is 0 Å². The van der Waals surface area contributed by atoms with Crippen LogP contribution in [0.15, 0.2) is 18.2 Å². The summed E-state index contributed by atoms with van der Waals surface area (Å²) in [5.74, 6) is 0. The van der Waals surface area contributed by atoms with E-state index in [4.69, 9.17) is 22.1 Å². The molecule has 1 aromatic rings. The standard InChI is InChI=1S/C15H23ClN2O/c1-11(17)8-13-4-5-14(9-15(13)16)18-6-3-7-19-12(2)10-18/h4-5,9,11-12H,3,6-8,10,17H2,1-2H3. The molecule has 106 valence electrons. The van der Waals surface area contributed by atoms with Gasteiger partial charge < -0.3 is 15.4 Å². The van der Waals surface area contributed by atoms with Crippen molar-refractivity contribution in [1.29, 1.82) is 0 Å². The number of nitrogens with zero attached hydrogens (tertiary/aromatic N) is 1. The van der Waals surface area contributed by atoms with Crippen LogP contribution in [0.25, 0.3) is 0 Å². The monoisotopic (exact) mass is 282 g/mol. The van der Waals surface area contributed by atoms with Crippen molar-refractivity contribution in [1.82, 2.24) is 0 Å². The number of hydrogen-bond acceptors (Lipinski definition) is 3. The molecule has 1 aliphatic rings. The maximum atomic E-state index is 6.36. The first-order valence-electron chi connectivity index (χ1n) is 6.97. The van der Waals surface area contributed by atoms with Crippen LogP contribution in [0, 0.1) is 0 Å². The summed E-state index contributed by atoms with van der Waals surface area (Å²) in [6, 6.07) is 6.42. The first-order valence-corrected chi connectivity index (χ1v) is 7.34. The van der Waals surface area contributed by atoms with Crippen molar-refractivity contribution in [3.05, 3.63) is 28.8 Å². The number of hydrogen-bond donors (Lipinski definition) is 1. The Morgan fingerprint density at radius 2 is 2.32 bits per heavy atom. The Hall–Kier alpha value is -0.770. The molecule has 0 bridgehead atoms. The SMILES string of the molecule is CC(N)Cc1ccc(N2CCCOC(C)C2)cc1Cl. The zero-order chi connectivity index (χ0) is 13.8. The van der Waals surface area contributed by atoms with Crippen molar-refractivity contribution >= 4 is 17.3 Å². The molecule has 0 radical (unpaired) electrons. The van der Waals surface area contributed by atoms with Gasteiger partial charge >= 0.3 is 0 Å². The van der Waals surface area contributed by atoms with E-state index in [2.05, 4.69) is 30.0 Å². The summed E-state index contributed by atoms with van der Waals surface area (Å²) in [6.07, 6.45) is 2.15. The van der Waals surface area contributed by atoms with Crippen molar-refractivity contribution in [2.24, 2.45) is 5.73 Å². The largest absolute Gasteiger partial charge is 0.377 e. The van der Waals surface area contributed by atoms with Gasteiger partial charge in [0.2, 0.25) is 0 Å². The Labute approximate surface area is 120 Å². The van der Waals surface area contributed by atoms with Crippen molar-refractivity contribution < 1.29 is 4.74 Å². The Morgan fingerprint density at radius 1 is 1.53 bits per heavy atom. The fourth-order valence-corrected chi connectivity index (χ4v) is 2.73. The van der Waals surface area contributed by atoms with E-state index in [9.17, 15) is 0 Å². The Morgan fingerprint density at radius 3 is 3.00 bits per heavy atom. The molecule has 1 heterocycles. The summed E-state index contributed by atoms with van der Waals surface area (Å²) in [4.78, 5) is 2.35. The second kappa shape index (κ2) is 6.60. The van der Waals surface area contributed by atoms with Crippen molar-refractivity contribution in [2.75, 3.05) is 24.6 Å². The van der Waals surface area contributed by atoms with E-state index in [1.54, 1.807) is 0 Å². The third kappa shape index (κ3) is 4.10. The van der Waals surface area contributed by atoms with Gasteiger partial charge in [-0.25, -0.2) is 0 Å². The second-order valence-corrected chi connectivity index (χ2v) is 5.85. The van der Waals surface area contributed by atoms with Gasteiger partial charge in [0.25, 0.3) is 0 Å². The van der Waals surface area contributed by atoms with Crippen LogP contribution < -0.4 is 10.6 Å². The quantitative estimate of drug-likeness (QED) is 0.926. The molecule has 0 aliphatic carbocycles. The highest BCUT2D eigenvalue weighted by Crippen LogP contribution is 2.26. The van der Waals surface area contributed by atoms with Crippen molar-refractivity contribution in [3.8, 4) is 0 Å². The molecule has 4 heteroatoms. The van der Waals surface area contributed by atoms with Gasteiger partial charge in [-0.2, -0.15) is 0 Å². The van der Waals surface area contributed by atoms with Gasteiger partial charge in [-0.1, -0.05) is 17.7 Å². The molecule has 2 N–H and O–H groups in total. The Balaban J connectivity index is 2.14. The van der Waals surface area contributed by atoms with Crippen molar-refractivity contribution in [3.63, 3.8) is 0 Å². The van der Waals surface area contributed by atoms with E-state index in [1.165, 1.54) is 5.69 Å². The van der Waals surface area contributed by atoms with Gasteiger partial charge in [-0.15, -0.1) is 0 Å². The van der Waals surface area contributed by atoms with E-state index in [0.29, 0.717) is 0 Å². The lowest BCUT2D eigenvalue weighted by Gasteiger charge is -2.25. The lowest BCUT2D eigenvalue weighted by atomic mass is 10.1. The van der Waals surface area contributed by atoms with Crippen LogP contribution in [0.5, 0.6) is 0 Å². The van der Waals surface area contributed by atoms with Crippen LogP contribution in [-0.2, 0) is 11.2 Å². The zero-order valence-corrected chi connectivity index (χ0v) is 12.5. The van der Waals surface area contributed by atoms with Gasteiger partial charge in [0.15, 0.2) is 0 Å². The first-order chi connectivity index (χ1) is 9.06. The molecule has 1 saturated heterocycles. The van der Waals surface area contributed by atoms with Crippen LogP contribution in [0.1, 0.15) is 25.8 Å². The highest BCUT2D eigenvalue weighted by Gasteiger charge is 2.16. The highest BCUT2D eigenvalue weighted by molar-refractivity contribution is 6.31. The topological polar surface area (TPSA) is 38.5 Å². The fourth-order valence-electron chi connectivity index (χ4n) is 2.47. The third-order valence-electron chi connectivity index (χ3n) is 3.40. The molecular formula is C15H23ClN2O. The van der Waals surface area contributed by atoms with Gasteiger partial charge in [0, 0.05) is 36.4 Å². The van der Waals surface area contributed by atoms with E-state index in [-0.39, 0.29) is 12.1 Å². The molecule has 0 amide bonds. The normalized spacial score (nSPS) is 22.1.